The van der Waals surface area contributed by atoms with Gasteiger partial charge in [-0.3, -0.25) is 0 Å². The van der Waals surface area contributed by atoms with Crippen molar-refractivity contribution in [2.45, 2.75) is 25.8 Å². The minimum atomic E-state index is -0.859. The van der Waals surface area contributed by atoms with Crippen LogP contribution in [0.4, 0.5) is 10.8 Å². The summed E-state index contributed by atoms with van der Waals surface area (Å²) >= 11 is 1.53. The van der Waals surface area contributed by atoms with Gasteiger partial charge in [0.15, 0.2) is 5.13 Å². The first-order chi connectivity index (χ1) is 11.9. The van der Waals surface area contributed by atoms with Gasteiger partial charge in [-0.25, -0.2) is 4.98 Å². The predicted molar refractivity (Wildman–Crippen MR) is 99.6 cm³/mol. The van der Waals surface area contributed by atoms with Crippen molar-refractivity contribution in [3.63, 3.8) is 0 Å². The van der Waals surface area contributed by atoms with E-state index in [4.69, 9.17) is 4.98 Å². The second kappa shape index (κ2) is 7.14. The molecule has 0 radical (unpaired) electrons. The van der Waals surface area contributed by atoms with Crippen LogP contribution in [0.2, 0.25) is 0 Å². The molecule has 134 valence electrons. The molecule has 0 amide bonds. The summed E-state index contributed by atoms with van der Waals surface area (Å²) in [4.78, 5) is 8.70. The number of aliphatic hydroxyl groups excluding tert-OH is 2. The van der Waals surface area contributed by atoms with Crippen LogP contribution in [0.25, 0.3) is 10.2 Å². The highest BCUT2D eigenvalue weighted by molar-refractivity contribution is 7.22. The molecule has 0 saturated heterocycles. The average molecular weight is 361 g/mol. The Morgan fingerprint density at radius 2 is 2.20 bits per heavy atom. The Morgan fingerprint density at radius 1 is 1.44 bits per heavy atom. The van der Waals surface area contributed by atoms with Crippen molar-refractivity contribution in [1.82, 2.24) is 9.88 Å². The lowest BCUT2D eigenvalue weighted by Crippen LogP contribution is -2.38. The molecule has 0 spiro atoms. The van der Waals surface area contributed by atoms with E-state index in [1.165, 1.54) is 11.3 Å². The minimum Gasteiger partial charge on any atom is -0.374 e. The SMILES string of the molecule is CC(O)N(CCN(C)C)c1nc2c3c(ccc2s1)NC(O)C(C#N)C3. The Morgan fingerprint density at radius 3 is 2.84 bits per heavy atom. The Hall–Kier alpha value is -1.92. The molecule has 0 saturated carbocycles. The van der Waals surface area contributed by atoms with Gasteiger partial charge in [0.25, 0.3) is 0 Å². The third kappa shape index (κ3) is 3.55. The third-order valence-corrected chi connectivity index (χ3v) is 5.47. The summed E-state index contributed by atoms with van der Waals surface area (Å²) in [6.45, 7) is 3.22. The molecule has 2 aromatic rings. The zero-order valence-corrected chi connectivity index (χ0v) is 15.4. The van der Waals surface area contributed by atoms with Crippen molar-refractivity contribution in [3.05, 3.63) is 17.7 Å². The number of aromatic nitrogens is 1. The normalized spacial score (nSPS) is 20.8. The summed E-state index contributed by atoms with van der Waals surface area (Å²) in [5, 5.41) is 33.1. The number of likely N-dealkylation sites (N-methyl/N-ethyl adjacent to an activating group) is 1. The van der Waals surface area contributed by atoms with Gasteiger partial charge in [0.1, 0.15) is 12.5 Å². The number of hydrogen-bond donors (Lipinski definition) is 3. The molecule has 3 unspecified atom stereocenters. The van der Waals surface area contributed by atoms with Gasteiger partial charge in [0.2, 0.25) is 0 Å². The van der Waals surface area contributed by atoms with Crippen molar-refractivity contribution < 1.29 is 10.2 Å². The number of thiazole rings is 1. The molecular formula is C17H23N5O2S. The number of fused-ring (bicyclic) bond motifs is 3. The van der Waals surface area contributed by atoms with Crippen LogP contribution in [0.1, 0.15) is 12.5 Å². The molecule has 8 heteroatoms. The second-order valence-corrected chi connectivity index (χ2v) is 7.60. The molecule has 3 N–H and O–H groups in total. The molecule has 0 aliphatic carbocycles. The van der Waals surface area contributed by atoms with Crippen LogP contribution >= 0.6 is 11.3 Å². The maximum Gasteiger partial charge on any atom is 0.188 e. The summed E-state index contributed by atoms with van der Waals surface area (Å²) in [7, 11) is 3.99. The van der Waals surface area contributed by atoms with Gasteiger partial charge >= 0.3 is 0 Å². The van der Waals surface area contributed by atoms with Crippen molar-refractivity contribution in [2.24, 2.45) is 5.92 Å². The first kappa shape index (κ1) is 17.9. The molecular weight excluding hydrogens is 338 g/mol. The maximum absolute atomic E-state index is 10.1. The van der Waals surface area contributed by atoms with E-state index >= 15 is 0 Å². The monoisotopic (exact) mass is 361 g/mol. The third-order valence-electron chi connectivity index (χ3n) is 4.41. The Kier molecular flexibility index (Phi) is 5.11. The fraction of sp³-hybridized carbons (Fsp3) is 0.529. The Bertz CT molecular complexity index is 798. The van der Waals surface area contributed by atoms with Crippen LogP contribution in [-0.4, -0.2) is 59.7 Å². The molecule has 1 aliphatic rings. The highest BCUT2D eigenvalue weighted by atomic mass is 32.1. The molecule has 25 heavy (non-hydrogen) atoms. The van der Waals surface area contributed by atoms with Crippen molar-refractivity contribution in [3.8, 4) is 6.07 Å². The van der Waals surface area contributed by atoms with E-state index in [-0.39, 0.29) is 0 Å². The van der Waals surface area contributed by atoms with E-state index in [0.717, 1.165) is 33.1 Å². The zero-order chi connectivity index (χ0) is 18.1. The van der Waals surface area contributed by atoms with Crippen molar-refractivity contribution >= 4 is 32.4 Å². The van der Waals surface area contributed by atoms with Crippen molar-refractivity contribution in [1.29, 1.82) is 5.26 Å². The van der Waals surface area contributed by atoms with E-state index in [2.05, 4.69) is 16.3 Å². The lowest BCUT2D eigenvalue weighted by Gasteiger charge is -2.27. The number of anilines is 2. The fourth-order valence-electron chi connectivity index (χ4n) is 2.96. The van der Waals surface area contributed by atoms with Gasteiger partial charge in [-0.2, -0.15) is 5.26 Å². The van der Waals surface area contributed by atoms with Gasteiger partial charge in [-0.15, -0.1) is 0 Å². The van der Waals surface area contributed by atoms with E-state index in [9.17, 15) is 15.5 Å². The molecule has 1 aliphatic heterocycles. The number of benzene rings is 1. The van der Waals surface area contributed by atoms with Crippen molar-refractivity contribution in [2.75, 3.05) is 37.4 Å². The Labute approximate surface area is 151 Å². The van der Waals surface area contributed by atoms with Gasteiger partial charge in [-0.1, -0.05) is 11.3 Å². The summed E-state index contributed by atoms with van der Waals surface area (Å²) in [5.41, 5.74) is 2.61. The van der Waals surface area contributed by atoms with E-state index in [0.29, 0.717) is 13.0 Å². The number of nitriles is 1. The fourth-order valence-corrected chi connectivity index (χ4v) is 4.06. The predicted octanol–water partition coefficient (Wildman–Crippen LogP) is 1.43. The first-order valence-corrected chi connectivity index (χ1v) is 9.08. The zero-order valence-electron chi connectivity index (χ0n) is 14.6. The molecule has 3 atom stereocenters. The number of rotatable bonds is 5. The maximum atomic E-state index is 10.1. The minimum absolute atomic E-state index is 0.465. The van der Waals surface area contributed by atoms with Gasteiger partial charge < -0.3 is 25.3 Å². The van der Waals surface area contributed by atoms with Gasteiger partial charge in [-0.05, 0) is 39.6 Å². The van der Waals surface area contributed by atoms with E-state index in [1.807, 2.05) is 31.1 Å². The molecule has 1 aromatic carbocycles. The molecule has 0 fully saturated rings. The average Bonchev–Trinajstić information content (AvgIpc) is 2.97. The first-order valence-electron chi connectivity index (χ1n) is 8.26. The molecule has 2 heterocycles. The summed E-state index contributed by atoms with van der Waals surface area (Å²) in [6, 6.07) is 6.03. The molecule has 3 rings (SSSR count). The van der Waals surface area contributed by atoms with E-state index in [1.54, 1.807) is 6.92 Å². The van der Waals surface area contributed by atoms with Gasteiger partial charge in [0.05, 0.1) is 22.2 Å². The highest BCUT2D eigenvalue weighted by Crippen LogP contribution is 2.38. The quantitative estimate of drug-likeness (QED) is 0.693. The van der Waals surface area contributed by atoms with Crippen LogP contribution in [0.15, 0.2) is 12.1 Å². The molecule has 7 nitrogen and oxygen atoms in total. The summed E-state index contributed by atoms with van der Waals surface area (Å²) < 4.78 is 1.01. The van der Waals surface area contributed by atoms with Crippen LogP contribution in [0.3, 0.4) is 0 Å². The number of nitrogens with one attached hydrogen (secondary N) is 1. The number of hydrogen-bond acceptors (Lipinski definition) is 8. The number of nitrogens with zero attached hydrogens (tertiary/aromatic N) is 4. The smallest absolute Gasteiger partial charge is 0.188 e. The highest BCUT2D eigenvalue weighted by Gasteiger charge is 2.29. The summed E-state index contributed by atoms with van der Waals surface area (Å²) in [6.07, 6.45) is -1.03. The molecule has 1 aromatic heterocycles. The largest absolute Gasteiger partial charge is 0.374 e. The van der Waals surface area contributed by atoms with Crippen LogP contribution < -0.4 is 10.2 Å². The van der Waals surface area contributed by atoms with Crippen LogP contribution in [-0.2, 0) is 6.42 Å². The lowest BCUT2D eigenvalue weighted by molar-refractivity contribution is 0.156. The topological polar surface area (TPSA) is 95.7 Å². The summed E-state index contributed by atoms with van der Waals surface area (Å²) in [5.74, 6) is -0.496. The van der Waals surface area contributed by atoms with E-state index < -0.39 is 18.4 Å². The second-order valence-electron chi connectivity index (χ2n) is 6.59. The molecule has 0 bridgehead atoms. The Balaban J connectivity index is 1.99. The van der Waals surface area contributed by atoms with Gasteiger partial charge in [0, 0.05) is 24.3 Å². The number of aliphatic hydroxyl groups is 2. The van der Waals surface area contributed by atoms with Crippen LogP contribution in [0.5, 0.6) is 0 Å². The van der Waals surface area contributed by atoms with Crippen LogP contribution in [0, 0.1) is 17.2 Å². The standard InChI is InChI=1S/C17H23N5O2S/c1-10(23)22(7-6-21(2)3)17-20-15-12-8-11(9-18)16(24)19-13(12)4-5-14(15)25-17/h4-5,10-11,16,19,23-24H,6-8H2,1-3H3. The lowest BCUT2D eigenvalue weighted by atomic mass is 9.93.